The number of amides is 1. The van der Waals surface area contributed by atoms with Crippen LogP contribution in [-0.2, 0) is 9.59 Å². The molecule has 0 bridgehead atoms. The molecule has 0 spiro atoms. The molecule has 1 aliphatic heterocycles. The van der Waals surface area contributed by atoms with Gasteiger partial charge in [0.05, 0.1) is 11.6 Å². The minimum Gasteiger partial charge on any atom is -0.507 e. The second kappa shape index (κ2) is 8.33. The lowest BCUT2D eigenvalue weighted by Gasteiger charge is -2.26. The predicted octanol–water partition coefficient (Wildman–Crippen LogP) is 6.35. The molecule has 0 saturated carbocycles. The maximum absolute atomic E-state index is 13.1. The molecule has 31 heavy (non-hydrogen) atoms. The third-order valence-corrected chi connectivity index (χ3v) is 6.50. The number of benzene rings is 3. The predicted molar refractivity (Wildman–Crippen MR) is 126 cm³/mol. The average molecular weight is 497 g/mol. The monoisotopic (exact) mass is 495 g/mol. The summed E-state index contributed by atoms with van der Waals surface area (Å²) in [6.07, 6.45) is 0. The molecule has 156 valence electrons. The summed E-state index contributed by atoms with van der Waals surface area (Å²) >= 11 is 9.47. The van der Waals surface area contributed by atoms with Crippen molar-refractivity contribution in [3.63, 3.8) is 0 Å². The molecule has 6 heteroatoms. The highest BCUT2D eigenvalue weighted by Gasteiger charge is 2.47. The van der Waals surface area contributed by atoms with E-state index < -0.39 is 17.7 Å². The van der Waals surface area contributed by atoms with E-state index in [1.54, 1.807) is 30.3 Å². The van der Waals surface area contributed by atoms with Crippen molar-refractivity contribution in [2.24, 2.45) is 0 Å². The summed E-state index contributed by atoms with van der Waals surface area (Å²) in [6.45, 7) is 3.91. The van der Waals surface area contributed by atoms with Gasteiger partial charge < -0.3 is 5.11 Å². The van der Waals surface area contributed by atoms with Crippen LogP contribution in [-0.4, -0.2) is 16.8 Å². The molecular weight excluding hydrogens is 478 g/mol. The Morgan fingerprint density at radius 3 is 2.23 bits per heavy atom. The van der Waals surface area contributed by atoms with Crippen LogP contribution in [0.25, 0.3) is 5.76 Å². The van der Waals surface area contributed by atoms with Crippen LogP contribution in [0.1, 0.15) is 28.3 Å². The number of halogens is 2. The van der Waals surface area contributed by atoms with Crippen LogP contribution in [0.4, 0.5) is 5.69 Å². The molecule has 1 amide bonds. The maximum Gasteiger partial charge on any atom is 0.300 e. The molecule has 1 aliphatic rings. The lowest BCUT2D eigenvalue weighted by molar-refractivity contribution is -0.132. The first-order valence-corrected chi connectivity index (χ1v) is 10.8. The van der Waals surface area contributed by atoms with E-state index in [2.05, 4.69) is 15.9 Å². The Labute approximate surface area is 193 Å². The van der Waals surface area contributed by atoms with Gasteiger partial charge in [0.1, 0.15) is 5.76 Å². The molecule has 3 aromatic carbocycles. The summed E-state index contributed by atoms with van der Waals surface area (Å²) in [5.74, 6) is -1.64. The standard InChI is InChI=1S/C25H19BrClNO3/c1-14-3-6-16(7-4-14)22-21(23(29)17-8-10-18(27)11-9-17)24(30)25(31)28(22)19-12-5-15(2)20(26)13-19/h3-13,22,29H,1-2H3/b23-21+. The van der Waals surface area contributed by atoms with Crippen molar-refractivity contribution >= 4 is 50.7 Å². The number of Topliss-reactive ketones (excluding diaryl/α,β-unsaturated/α-hetero) is 1. The van der Waals surface area contributed by atoms with Gasteiger partial charge in [0.15, 0.2) is 0 Å². The lowest BCUT2D eigenvalue weighted by atomic mass is 9.94. The van der Waals surface area contributed by atoms with Crippen molar-refractivity contribution in [1.82, 2.24) is 0 Å². The number of hydrogen-bond donors (Lipinski definition) is 1. The van der Waals surface area contributed by atoms with E-state index in [1.807, 2.05) is 50.2 Å². The third-order valence-electron chi connectivity index (χ3n) is 5.39. The number of rotatable bonds is 3. The normalized spacial score (nSPS) is 17.9. The number of aryl methyl sites for hydroxylation is 2. The molecule has 1 unspecified atom stereocenters. The molecule has 1 N–H and O–H groups in total. The van der Waals surface area contributed by atoms with Crippen molar-refractivity contribution in [1.29, 1.82) is 0 Å². The van der Waals surface area contributed by atoms with Crippen LogP contribution in [0.15, 0.2) is 76.8 Å². The summed E-state index contributed by atoms with van der Waals surface area (Å²) in [5.41, 5.74) is 3.83. The molecule has 0 aromatic heterocycles. The molecule has 3 aromatic rings. The van der Waals surface area contributed by atoms with Crippen LogP contribution < -0.4 is 4.90 Å². The van der Waals surface area contributed by atoms with Crippen molar-refractivity contribution in [3.05, 3.63) is 104 Å². The topological polar surface area (TPSA) is 57.6 Å². The Kier molecular flexibility index (Phi) is 5.73. The Morgan fingerprint density at radius 2 is 1.61 bits per heavy atom. The number of carbonyl (C=O) groups is 2. The van der Waals surface area contributed by atoms with E-state index in [9.17, 15) is 14.7 Å². The van der Waals surface area contributed by atoms with Gasteiger partial charge in [0.25, 0.3) is 11.7 Å². The Morgan fingerprint density at radius 1 is 0.968 bits per heavy atom. The average Bonchev–Trinajstić information content (AvgIpc) is 3.01. The Hall–Kier alpha value is -2.89. The summed E-state index contributed by atoms with van der Waals surface area (Å²) < 4.78 is 0.826. The molecule has 4 rings (SSSR count). The van der Waals surface area contributed by atoms with Gasteiger partial charge in [-0.25, -0.2) is 0 Å². The van der Waals surface area contributed by atoms with Crippen LogP contribution >= 0.6 is 27.5 Å². The Balaban J connectivity index is 1.95. The molecule has 4 nitrogen and oxygen atoms in total. The quantitative estimate of drug-likeness (QED) is 0.261. The van der Waals surface area contributed by atoms with Gasteiger partial charge in [0.2, 0.25) is 0 Å². The van der Waals surface area contributed by atoms with E-state index in [0.29, 0.717) is 16.3 Å². The van der Waals surface area contributed by atoms with Crippen LogP contribution in [0, 0.1) is 13.8 Å². The van der Waals surface area contributed by atoms with Crippen LogP contribution in [0.5, 0.6) is 0 Å². The first-order valence-electron chi connectivity index (χ1n) is 9.67. The van der Waals surface area contributed by atoms with Crippen LogP contribution in [0.2, 0.25) is 5.02 Å². The highest BCUT2D eigenvalue weighted by Crippen LogP contribution is 2.43. The fourth-order valence-corrected chi connectivity index (χ4v) is 4.15. The minimum atomic E-state index is -0.758. The van der Waals surface area contributed by atoms with Gasteiger partial charge in [-0.15, -0.1) is 0 Å². The van der Waals surface area contributed by atoms with Gasteiger partial charge >= 0.3 is 0 Å². The lowest BCUT2D eigenvalue weighted by Crippen LogP contribution is -2.29. The molecule has 1 saturated heterocycles. The fraction of sp³-hybridized carbons (Fsp3) is 0.120. The summed E-state index contributed by atoms with van der Waals surface area (Å²) in [7, 11) is 0. The Bertz CT molecular complexity index is 1220. The van der Waals surface area contributed by atoms with Crippen LogP contribution in [0.3, 0.4) is 0 Å². The number of aliphatic hydroxyl groups is 1. The van der Waals surface area contributed by atoms with Crippen molar-refractivity contribution in [3.8, 4) is 0 Å². The fourth-order valence-electron chi connectivity index (χ4n) is 3.66. The van der Waals surface area contributed by atoms with E-state index in [-0.39, 0.29) is 11.3 Å². The zero-order valence-electron chi connectivity index (χ0n) is 16.9. The largest absolute Gasteiger partial charge is 0.507 e. The maximum atomic E-state index is 13.1. The third kappa shape index (κ3) is 3.91. The molecule has 1 fully saturated rings. The molecule has 0 radical (unpaired) electrons. The zero-order chi connectivity index (χ0) is 22.3. The second-order valence-corrected chi connectivity index (χ2v) is 8.81. The van der Waals surface area contributed by atoms with E-state index in [4.69, 9.17) is 11.6 Å². The number of hydrogen-bond acceptors (Lipinski definition) is 3. The molecule has 1 heterocycles. The first kappa shape index (κ1) is 21.3. The summed E-state index contributed by atoms with van der Waals surface area (Å²) in [6, 6.07) is 18.8. The number of nitrogens with zero attached hydrogens (tertiary/aromatic N) is 1. The summed E-state index contributed by atoms with van der Waals surface area (Å²) in [4.78, 5) is 27.7. The number of aliphatic hydroxyl groups excluding tert-OH is 1. The highest BCUT2D eigenvalue weighted by molar-refractivity contribution is 9.10. The van der Waals surface area contributed by atoms with Crippen molar-refractivity contribution in [2.45, 2.75) is 19.9 Å². The van der Waals surface area contributed by atoms with Gasteiger partial charge in [0, 0.05) is 20.7 Å². The molecule has 1 atom stereocenters. The van der Waals surface area contributed by atoms with Gasteiger partial charge in [-0.2, -0.15) is 0 Å². The zero-order valence-corrected chi connectivity index (χ0v) is 19.2. The van der Waals surface area contributed by atoms with Gasteiger partial charge in [-0.3, -0.25) is 14.5 Å². The SMILES string of the molecule is Cc1ccc(C2/C(=C(\O)c3ccc(Cl)cc3)C(=O)C(=O)N2c2ccc(C)c(Br)c2)cc1. The summed E-state index contributed by atoms with van der Waals surface area (Å²) in [5, 5.41) is 11.6. The van der Waals surface area contributed by atoms with Crippen molar-refractivity contribution in [2.75, 3.05) is 4.90 Å². The minimum absolute atomic E-state index is 0.0490. The second-order valence-electron chi connectivity index (χ2n) is 7.52. The van der Waals surface area contributed by atoms with Gasteiger partial charge in [-0.1, -0.05) is 63.4 Å². The molecule has 0 aliphatic carbocycles. The number of anilines is 1. The first-order chi connectivity index (χ1) is 14.8. The van der Waals surface area contributed by atoms with E-state index in [1.165, 1.54) is 4.90 Å². The van der Waals surface area contributed by atoms with E-state index in [0.717, 1.165) is 21.2 Å². The van der Waals surface area contributed by atoms with E-state index >= 15 is 0 Å². The number of ketones is 1. The molecular formula is C25H19BrClNO3. The van der Waals surface area contributed by atoms with Crippen molar-refractivity contribution < 1.29 is 14.7 Å². The number of carbonyl (C=O) groups excluding carboxylic acids is 2. The smallest absolute Gasteiger partial charge is 0.300 e. The van der Waals surface area contributed by atoms with Gasteiger partial charge in [-0.05, 0) is 61.4 Å². The highest BCUT2D eigenvalue weighted by atomic mass is 79.9.